The Hall–Kier alpha value is -0.820. The van der Waals surface area contributed by atoms with E-state index in [2.05, 4.69) is 0 Å². The lowest BCUT2D eigenvalue weighted by Gasteiger charge is -2.46. The van der Waals surface area contributed by atoms with Crippen molar-refractivity contribution in [1.82, 2.24) is 0 Å². The highest BCUT2D eigenvalue weighted by molar-refractivity contribution is 5.26. The van der Waals surface area contributed by atoms with Gasteiger partial charge < -0.3 is 47.4 Å². The second kappa shape index (κ2) is 9.20. The lowest BCUT2D eigenvalue weighted by Crippen LogP contribution is -2.62. The summed E-state index contributed by atoms with van der Waals surface area (Å²) in [5.41, 5.74) is -0.506. The normalized spacial score (nSPS) is 48.2. The number of fused-ring (bicyclic) bond motifs is 3. The average Bonchev–Trinajstić information content (AvgIpc) is 3.33. The molecule has 10 atom stereocenters. The molecule has 0 bridgehead atoms. The highest BCUT2D eigenvalue weighted by Gasteiger charge is 2.81. The van der Waals surface area contributed by atoms with E-state index in [1.54, 1.807) is 48.9 Å². The molecule has 4 aliphatic rings. The van der Waals surface area contributed by atoms with Crippen LogP contribution in [0.5, 0.6) is 0 Å². The molecule has 5 unspecified atom stereocenters. The summed E-state index contributed by atoms with van der Waals surface area (Å²) in [6.07, 6.45) is 1.28. The zero-order valence-corrected chi connectivity index (χ0v) is 19.0. The fraction of sp³-hybridized carbons (Fsp3) is 0.905. The highest BCUT2D eigenvalue weighted by Crippen LogP contribution is 2.67. The van der Waals surface area contributed by atoms with Crippen LogP contribution in [0, 0.1) is 11.8 Å². The lowest BCUT2D eigenvalue weighted by molar-refractivity contribution is -0.350. The van der Waals surface area contributed by atoms with E-state index in [0.29, 0.717) is 19.6 Å². The molecule has 31 heavy (non-hydrogen) atoms. The maximum absolute atomic E-state index is 6.37. The molecule has 0 radical (unpaired) electrons. The molecule has 3 aliphatic heterocycles. The average molecular weight is 446 g/mol. The van der Waals surface area contributed by atoms with E-state index in [0.717, 1.165) is 0 Å². The van der Waals surface area contributed by atoms with Crippen LogP contribution in [0.2, 0.25) is 0 Å². The Morgan fingerprint density at radius 1 is 0.903 bits per heavy atom. The summed E-state index contributed by atoms with van der Waals surface area (Å²) in [5, 5.41) is 0. The second-order valence-electron chi connectivity index (χ2n) is 8.36. The molecule has 2 saturated heterocycles. The van der Waals surface area contributed by atoms with Crippen molar-refractivity contribution in [3.63, 3.8) is 0 Å². The summed E-state index contributed by atoms with van der Waals surface area (Å²) >= 11 is 0. The molecule has 0 aromatic heterocycles. The van der Waals surface area contributed by atoms with Gasteiger partial charge in [0.25, 0.3) is 0 Å². The van der Waals surface area contributed by atoms with Gasteiger partial charge in [0.2, 0.25) is 12.1 Å². The molecule has 10 nitrogen and oxygen atoms in total. The van der Waals surface area contributed by atoms with Crippen molar-refractivity contribution < 1.29 is 47.4 Å². The minimum atomic E-state index is -0.742. The predicted molar refractivity (Wildman–Crippen MR) is 105 cm³/mol. The minimum absolute atomic E-state index is 0.00280. The Kier molecular flexibility index (Phi) is 6.93. The molecule has 1 saturated carbocycles. The van der Waals surface area contributed by atoms with Crippen LogP contribution in [0.25, 0.3) is 0 Å². The predicted octanol–water partition coefficient (Wildman–Crippen LogP) is 0.684. The minimum Gasteiger partial charge on any atom is -0.472 e. The van der Waals surface area contributed by atoms with E-state index in [1.807, 2.05) is 6.08 Å². The number of ether oxygens (including phenoxy) is 10. The van der Waals surface area contributed by atoms with Crippen molar-refractivity contribution in [1.29, 1.82) is 0 Å². The van der Waals surface area contributed by atoms with Crippen LogP contribution in [-0.2, 0) is 47.4 Å². The first-order valence-corrected chi connectivity index (χ1v) is 10.5. The van der Waals surface area contributed by atoms with Gasteiger partial charge in [-0.3, -0.25) is 0 Å². The molecule has 3 fully saturated rings. The van der Waals surface area contributed by atoms with Crippen LogP contribution < -0.4 is 0 Å². The second-order valence-corrected chi connectivity index (χ2v) is 8.36. The zero-order valence-electron chi connectivity index (χ0n) is 19.0. The monoisotopic (exact) mass is 446 g/mol. The Balaban J connectivity index is 1.53. The molecule has 3 heterocycles. The fourth-order valence-electron chi connectivity index (χ4n) is 5.59. The smallest absolute Gasteiger partial charge is 0.207 e. The SMILES string of the molecule is COC[C@H]1O[C@@H](OC2OC=CC3C2CC2(COC)OC32OC)[C@H](OC)[C@H](OC)[C@@H]1OC. The van der Waals surface area contributed by atoms with Gasteiger partial charge in [0.15, 0.2) is 6.29 Å². The van der Waals surface area contributed by atoms with Crippen LogP contribution >= 0.6 is 0 Å². The Bertz CT molecular complexity index is 646. The number of methoxy groups -OCH3 is 6. The first-order chi connectivity index (χ1) is 15.0. The standard InChI is InChI=1S/C21H34O10/c1-22-10-14-15(24-3)16(25-4)17(26-5)19(29-14)30-18-12-9-20(11-23-2)21(27-6,31-20)13(12)7-8-28-18/h7-8,12-19H,9-11H2,1-6H3/t12?,13?,14-,15-,16-,17-,18?,19+,20?,21?/m1/s1. The van der Waals surface area contributed by atoms with Gasteiger partial charge in [0, 0.05) is 54.5 Å². The van der Waals surface area contributed by atoms with Gasteiger partial charge >= 0.3 is 0 Å². The van der Waals surface area contributed by atoms with E-state index in [4.69, 9.17) is 47.4 Å². The number of rotatable bonds is 10. The molecule has 178 valence electrons. The van der Waals surface area contributed by atoms with Crippen molar-refractivity contribution in [2.75, 3.05) is 55.9 Å². The topological polar surface area (TPSA) is 95.6 Å². The number of hydrogen-bond acceptors (Lipinski definition) is 10. The van der Waals surface area contributed by atoms with Crippen molar-refractivity contribution in [2.24, 2.45) is 11.8 Å². The molecule has 0 spiro atoms. The molecular formula is C21H34O10. The lowest BCUT2D eigenvalue weighted by atomic mass is 9.91. The number of hydrogen-bond donors (Lipinski definition) is 0. The maximum Gasteiger partial charge on any atom is 0.207 e. The third-order valence-corrected chi connectivity index (χ3v) is 6.94. The number of epoxide rings is 1. The van der Waals surface area contributed by atoms with Gasteiger partial charge in [-0.1, -0.05) is 0 Å². The third kappa shape index (κ3) is 3.62. The van der Waals surface area contributed by atoms with E-state index < -0.39 is 42.3 Å². The Labute approximate surface area is 182 Å². The fourth-order valence-corrected chi connectivity index (χ4v) is 5.59. The molecule has 4 rings (SSSR count). The molecular weight excluding hydrogens is 412 g/mol. The van der Waals surface area contributed by atoms with Crippen LogP contribution in [0.15, 0.2) is 12.3 Å². The van der Waals surface area contributed by atoms with Gasteiger partial charge in [-0.05, 0) is 12.5 Å². The molecule has 0 aromatic rings. The Morgan fingerprint density at radius 2 is 1.65 bits per heavy atom. The summed E-state index contributed by atoms with van der Waals surface area (Å²) in [4.78, 5) is 0. The van der Waals surface area contributed by atoms with Crippen LogP contribution in [0.1, 0.15) is 6.42 Å². The van der Waals surface area contributed by atoms with Gasteiger partial charge in [0.1, 0.15) is 30.0 Å². The van der Waals surface area contributed by atoms with Crippen LogP contribution in [-0.4, -0.2) is 104 Å². The summed E-state index contributed by atoms with van der Waals surface area (Å²) in [6, 6.07) is 0. The van der Waals surface area contributed by atoms with Crippen molar-refractivity contribution in [3.8, 4) is 0 Å². The maximum atomic E-state index is 6.37. The zero-order chi connectivity index (χ0) is 22.2. The van der Waals surface area contributed by atoms with Crippen molar-refractivity contribution in [3.05, 3.63) is 12.3 Å². The van der Waals surface area contributed by atoms with Gasteiger partial charge in [-0.25, -0.2) is 0 Å². The first kappa shape index (κ1) is 23.3. The highest BCUT2D eigenvalue weighted by atomic mass is 16.8. The first-order valence-electron chi connectivity index (χ1n) is 10.5. The summed E-state index contributed by atoms with van der Waals surface area (Å²) < 4.78 is 58.1. The largest absolute Gasteiger partial charge is 0.472 e. The van der Waals surface area contributed by atoms with Crippen LogP contribution in [0.3, 0.4) is 0 Å². The molecule has 0 amide bonds. The van der Waals surface area contributed by atoms with Crippen molar-refractivity contribution in [2.45, 2.75) is 54.8 Å². The molecule has 1 aliphatic carbocycles. The third-order valence-electron chi connectivity index (χ3n) is 6.94. The summed E-state index contributed by atoms with van der Waals surface area (Å²) in [6.45, 7) is 0.760. The Morgan fingerprint density at radius 3 is 2.26 bits per heavy atom. The quantitative estimate of drug-likeness (QED) is 0.446. The van der Waals surface area contributed by atoms with Gasteiger partial charge in [0.05, 0.1) is 19.5 Å². The van der Waals surface area contributed by atoms with E-state index in [-0.39, 0.29) is 17.9 Å². The molecule has 0 N–H and O–H groups in total. The van der Waals surface area contributed by atoms with E-state index >= 15 is 0 Å². The summed E-state index contributed by atoms with van der Waals surface area (Å²) in [7, 11) is 9.75. The van der Waals surface area contributed by atoms with E-state index in [1.165, 1.54) is 0 Å². The summed E-state index contributed by atoms with van der Waals surface area (Å²) in [5.74, 6) is -0.758. The van der Waals surface area contributed by atoms with Crippen molar-refractivity contribution >= 4 is 0 Å². The molecule has 0 aromatic carbocycles. The molecule has 10 heteroatoms. The van der Waals surface area contributed by atoms with Crippen LogP contribution in [0.4, 0.5) is 0 Å². The van der Waals surface area contributed by atoms with Gasteiger partial charge in [-0.15, -0.1) is 0 Å². The van der Waals surface area contributed by atoms with Gasteiger partial charge in [-0.2, -0.15) is 0 Å². The van der Waals surface area contributed by atoms with E-state index in [9.17, 15) is 0 Å².